The van der Waals surface area contributed by atoms with Crippen LogP contribution in [0.2, 0.25) is 0 Å². The zero-order chi connectivity index (χ0) is 14.5. The molecule has 0 aromatic heterocycles. The summed E-state index contributed by atoms with van der Waals surface area (Å²) >= 11 is 0. The molecule has 4 atom stereocenters. The van der Waals surface area contributed by atoms with Gasteiger partial charge in [-0.25, -0.2) is 4.79 Å². The Balaban J connectivity index is 2.15. The van der Waals surface area contributed by atoms with Crippen LogP contribution in [-0.4, -0.2) is 41.1 Å². The lowest BCUT2D eigenvalue weighted by molar-refractivity contribution is -0.170. The van der Waals surface area contributed by atoms with Gasteiger partial charge in [0.1, 0.15) is 18.3 Å². The monoisotopic (exact) mass is 278 g/mol. The minimum atomic E-state index is -1.26. The highest BCUT2D eigenvalue weighted by Crippen LogP contribution is 2.25. The molecule has 108 valence electrons. The average molecular weight is 278 g/mol. The summed E-state index contributed by atoms with van der Waals surface area (Å²) in [5.74, 6) is -0.551. The molecular weight excluding hydrogens is 260 g/mol. The topological polar surface area (TPSA) is 76.0 Å². The van der Waals surface area contributed by atoms with Crippen LogP contribution in [-0.2, 0) is 14.3 Å². The summed E-state index contributed by atoms with van der Waals surface area (Å²) in [6.07, 6.45) is -1.10. The molecule has 0 bridgehead atoms. The third-order valence-corrected chi connectivity index (χ3v) is 3.16. The highest BCUT2D eigenvalue weighted by molar-refractivity contribution is 5.83. The third-order valence-electron chi connectivity index (χ3n) is 3.16. The quantitative estimate of drug-likeness (QED) is 0.785. The van der Waals surface area contributed by atoms with Gasteiger partial charge in [-0.15, -0.1) is 0 Å². The van der Waals surface area contributed by atoms with Crippen LogP contribution < -0.4 is 0 Å². The fraction of sp³-hybridized carbons (Fsp3) is 0.400. The Morgan fingerprint density at radius 3 is 2.65 bits per heavy atom. The molecule has 2 rings (SSSR count). The maximum atomic E-state index is 11.3. The van der Waals surface area contributed by atoms with Gasteiger partial charge >= 0.3 is 5.97 Å². The Kier molecular flexibility index (Phi) is 4.89. The smallest absolute Gasteiger partial charge is 0.330 e. The number of hydrogen-bond acceptors (Lipinski definition) is 5. The van der Waals surface area contributed by atoms with Gasteiger partial charge in [0.05, 0.1) is 0 Å². The van der Waals surface area contributed by atoms with Crippen LogP contribution in [0.4, 0.5) is 0 Å². The van der Waals surface area contributed by atoms with E-state index in [0.29, 0.717) is 12.2 Å². The van der Waals surface area contributed by atoms with Gasteiger partial charge in [0.25, 0.3) is 0 Å². The molecule has 5 heteroatoms. The first-order valence-electron chi connectivity index (χ1n) is 6.55. The van der Waals surface area contributed by atoms with Crippen LogP contribution >= 0.6 is 0 Å². The number of ether oxygens (including phenoxy) is 2. The second-order valence-electron chi connectivity index (χ2n) is 4.53. The molecule has 0 spiro atoms. The number of benzene rings is 1. The summed E-state index contributed by atoms with van der Waals surface area (Å²) in [4.78, 5) is 11.3. The number of rotatable bonds is 5. The van der Waals surface area contributed by atoms with E-state index in [0.717, 1.165) is 0 Å². The lowest BCUT2D eigenvalue weighted by atomic mass is 9.96. The zero-order valence-corrected chi connectivity index (χ0v) is 11.2. The van der Waals surface area contributed by atoms with Gasteiger partial charge in [-0.1, -0.05) is 30.3 Å². The minimum Gasteiger partial charge on any atom is -0.453 e. The maximum Gasteiger partial charge on any atom is 0.330 e. The molecule has 1 heterocycles. The Morgan fingerprint density at radius 1 is 1.30 bits per heavy atom. The van der Waals surface area contributed by atoms with E-state index in [1.165, 1.54) is 6.08 Å². The first kappa shape index (κ1) is 14.7. The highest BCUT2D eigenvalue weighted by atomic mass is 16.6. The summed E-state index contributed by atoms with van der Waals surface area (Å²) in [5.41, 5.74) is 0.556. The van der Waals surface area contributed by atoms with Crippen LogP contribution in [0.5, 0.6) is 0 Å². The molecule has 0 saturated carbocycles. The predicted octanol–water partition coefficient (Wildman–Crippen LogP) is 0.968. The first-order valence-corrected chi connectivity index (χ1v) is 6.55. The summed E-state index contributed by atoms with van der Waals surface area (Å²) in [6, 6.07) is 8.74. The maximum absolute atomic E-state index is 11.3. The standard InChI is InChI=1S/C15H18O5/c1-2-19-11-8-9-12(16)20-15(11)14(18)13(17)10-6-4-3-5-7-10/h3-9,11,13-15,17-18H,2H2,1H3/t11-,13+,14+,15-/m0/s1. The largest absolute Gasteiger partial charge is 0.453 e. The van der Waals surface area contributed by atoms with E-state index < -0.39 is 30.4 Å². The number of aliphatic hydroxyl groups is 2. The van der Waals surface area contributed by atoms with Crippen molar-refractivity contribution in [3.63, 3.8) is 0 Å². The number of esters is 1. The van der Waals surface area contributed by atoms with E-state index in [-0.39, 0.29) is 0 Å². The summed E-state index contributed by atoms with van der Waals surface area (Å²) in [6.45, 7) is 2.22. The molecule has 5 nitrogen and oxygen atoms in total. The van der Waals surface area contributed by atoms with Gasteiger partial charge in [-0.05, 0) is 18.6 Å². The normalized spacial score (nSPS) is 25.1. The van der Waals surface area contributed by atoms with Crippen LogP contribution in [0, 0.1) is 0 Å². The van der Waals surface area contributed by atoms with E-state index in [1.807, 2.05) is 6.07 Å². The Hall–Kier alpha value is -1.69. The van der Waals surface area contributed by atoms with Crippen molar-refractivity contribution in [3.8, 4) is 0 Å². The molecule has 1 aliphatic heterocycles. The van der Waals surface area contributed by atoms with Gasteiger partial charge in [0.2, 0.25) is 0 Å². The molecule has 2 N–H and O–H groups in total. The number of hydrogen-bond donors (Lipinski definition) is 2. The van der Waals surface area contributed by atoms with Crippen molar-refractivity contribution in [2.24, 2.45) is 0 Å². The van der Waals surface area contributed by atoms with Crippen LogP contribution in [0.1, 0.15) is 18.6 Å². The molecule has 0 unspecified atom stereocenters. The molecule has 20 heavy (non-hydrogen) atoms. The van der Waals surface area contributed by atoms with Gasteiger partial charge in [0, 0.05) is 12.7 Å². The van der Waals surface area contributed by atoms with E-state index in [2.05, 4.69) is 0 Å². The first-order chi connectivity index (χ1) is 9.63. The van der Waals surface area contributed by atoms with Crippen LogP contribution in [0.15, 0.2) is 42.5 Å². The third kappa shape index (κ3) is 3.25. The van der Waals surface area contributed by atoms with Crippen LogP contribution in [0.25, 0.3) is 0 Å². The fourth-order valence-corrected chi connectivity index (χ4v) is 2.16. The van der Waals surface area contributed by atoms with E-state index in [1.54, 1.807) is 37.3 Å². The van der Waals surface area contributed by atoms with Crippen molar-refractivity contribution in [1.29, 1.82) is 0 Å². The molecule has 1 aliphatic rings. The second kappa shape index (κ2) is 6.65. The lowest BCUT2D eigenvalue weighted by Crippen LogP contribution is -2.46. The Bertz CT molecular complexity index is 470. The van der Waals surface area contributed by atoms with Crippen molar-refractivity contribution in [1.82, 2.24) is 0 Å². The van der Waals surface area contributed by atoms with Crippen molar-refractivity contribution >= 4 is 5.97 Å². The van der Waals surface area contributed by atoms with E-state index >= 15 is 0 Å². The molecule has 1 aromatic rings. The number of carbonyl (C=O) groups is 1. The average Bonchev–Trinajstić information content (AvgIpc) is 2.48. The molecular formula is C15H18O5. The van der Waals surface area contributed by atoms with Gasteiger partial charge in [-0.2, -0.15) is 0 Å². The Morgan fingerprint density at radius 2 is 2.00 bits per heavy atom. The fourth-order valence-electron chi connectivity index (χ4n) is 2.16. The van der Waals surface area contributed by atoms with Gasteiger partial charge < -0.3 is 19.7 Å². The molecule has 0 radical (unpaired) electrons. The van der Waals surface area contributed by atoms with Gasteiger partial charge in [0.15, 0.2) is 6.10 Å². The Labute approximate surface area is 117 Å². The lowest BCUT2D eigenvalue weighted by Gasteiger charge is -2.33. The predicted molar refractivity (Wildman–Crippen MR) is 71.8 cm³/mol. The number of cyclic esters (lactones) is 1. The SMILES string of the molecule is CCO[C@H]1C=CC(=O)O[C@@H]1[C@H](O)[C@H](O)c1ccccc1. The molecule has 0 fully saturated rings. The van der Waals surface area contributed by atoms with Gasteiger partial charge in [-0.3, -0.25) is 0 Å². The van der Waals surface area contributed by atoms with Crippen molar-refractivity contribution in [2.75, 3.05) is 6.61 Å². The molecule has 0 aliphatic carbocycles. The molecule has 0 saturated heterocycles. The van der Waals surface area contributed by atoms with Crippen LogP contribution in [0.3, 0.4) is 0 Å². The summed E-state index contributed by atoms with van der Waals surface area (Å²) < 4.78 is 10.5. The van der Waals surface area contributed by atoms with Crippen molar-refractivity contribution in [2.45, 2.75) is 31.3 Å². The molecule has 1 aromatic carbocycles. The van der Waals surface area contributed by atoms with E-state index in [9.17, 15) is 15.0 Å². The summed E-state index contributed by atoms with van der Waals surface area (Å²) in [7, 11) is 0. The number of aliphatic hydroxyl groups excluding tert-OH is 2. The number of carbonyl (C=O) groups excluding carboxylic acids is 1. The minimum absolute atomic E-state index is 0.414. The molecule has 0 amide bonds. The second-order valence-corrected chi connectivity index (χ2v) is 4.53. The summed E-state index contributed by atoms with van der Waals surface area (Å²) in [5, 5.41) is 20.5. The highest BCUT2D eigenvalue weighted by Gasteiger charge is 2.37. The van der Waals surface area contributed by atoms with Crippen molar-refractivity contribution in [3.05, 3.63) is 48.0 Å². The van der Waals surface area contributed by atoms with E-state index in [4.69, 9.17) is 9.47 Å². The van der Waals surface area contributed by atoms with Crippen molar-refractivity contribution < 1.29 is 24.5 Å². The zero-order valence-electron chi connectivity index (χ0n) is 11.2.